The highest BCUT2D eigenvalue weighted by atomic mass is 32.2. The first-order valence-corrected chi connectivity index (χ1v) is 10.8. The van der Waals surface area contributed by atoms with E-state index in [-0.39, 0.29) is 23.0 Å². The maximum absolute atomic E-state index is 13.0. The second-order valence-corrected chi connectivity index (χ2v) is 9.60. The molecule has 0 bridgehead atoms. The van der Waals surface area contributed by atoms with Crippen molar-refractivity contribution in [2.24, 2.45) is 5.41 Å². The fraction of sp³-hybridized carbons (Fsp3) is 0.579. The lowest BCUT2D eigenvalue weighted by molar-refractivity contribution is -0.143. The third-order valence-corrected chi connectivity index (χ3v) is 7.71. The first-order chi connectivity index (χ1) is 12.7. The zero-order valence-electron chi connectivity index (χ0n) is 15.7. The molecule has 0 spiro atoms. The number of rotatable bonds is 6. The van der Waals surface area contributed by atoms with Gasteiger partial charge < -0.3 is 10.4 Å². The minimum Gasteiger partial charge on any atom is -0.481 e. The monoisotopic (exact) mass is 394 g/mol. The Morgan fingerprint density at radius 3 is 2.59 bits per heavy atom. The van der Waals surface area contributed by atoms with Crippen molar-refractivity contribution in [3.8, 4) is 0 Å². The maximum atomic E-state index is 13.0. The number of hydrogen-bond acceptors (Lipinski definition) is 4. The fourth-order valence-corrected chi connectivity index (χ4v) is 5.26. The van der Waals surface area contributed by atoms with E-state index in [0.717, 1.165) is 19.3 Å². The van der Waals surface area contributed by atoms with Gasteiger partial charge in [0, 0.05) is 24.7 Å². The van der Waals surface area contributed by atoms with Crippen LogP contribution in [0.4, 0.5) is 0 Å². The molecule has 2 aliphatic rings. The molecule has 7 nitrogen and oxygen atoms in total. The van der Waals surface area contributed by atoms with Crippen molar-refractivity contribution in [2.75, 3.05) is 13.1 Å². The lowest BCUT2D eigenvalue weighted by Crippen LogP contribution is -2.42. The number of nitrogens with one attached hydrogen (secondary N) is 1. The normalized spacial score (nSPS) is 22.2. The molecule has 1 atom stereocenters. The molecular formula is C19H26N2O5S. The number of amides is 1. The molecule has 27 heavy (non-hydrogen) atoms. The van der Waals surface area contributed by atoms with Gasteiger partial charge in [0.15, 0.2) is 0 Å². The number of carboxylic acid groups (broad SMARTS) is 1. The summed E-state index contributed by atoms with van der Waals surface area (Å²) in [5, 5.41) is 11.9. The number of hydrogen-bond donors (Lipinski definition) is 2. The number of aryl methyl sites for hydroxylation is 1. The summed E-state index contributed by atoms with van der Waals surface area (Å²) in [5.74, 6) is -1.35. The molecule has 1 aliphatic heterocycles. The quantitative estimate of drug-likeness (QED) is 0.769. The van der Waals surface area contributed by atoms with Gasteiger partial charge in [0.25, 0.3) is 5.91 Å². The molecule has 0 aromatic heterocycles. The molecule has 1 aliphatic carbocycles. The average molecular weight is 394 g/mol. The van der Waals surface area contributed by atoms with Crippen LogP contribution in [-0.4, -0.2) is 48.8 Å². The molecule has 1 aromatic rings. The van der Waals surface area contributed by atoms with E-state index in [1.807, 2.05) is 6.92 Å². The molecule has 1 unspecified atom stereocenters. The Morgan fingerprint density at radius 1 is 1.30 bits per heavy atom. The second-order valence-electron chi connectivity index (χ2n) is 7.71. The Bertz CT molecular complexity index is 861. The lowest BCUT2D eigenvalue weighted by atomic mass is 10.1. The van der Waals surface area contributed by atoms with Crippen LogP contribution in [0.25, 0.3) is 0 Å². The highest BCUT2D eigenvalue weighted by Crippen LogP contribution is 2.45. The van der Waals surface area contributed by atoms with Gasteiger partial charge in [-0.15, -0.1) is 0 Å². The number of benzene rings is 1. The number of aliphatic carboxylic acids is 1. The van der Waals surface area contributed by atoms with E-state index in [4.69, 9.17) is 0 Å². The summed E-state index contributed by atoms with van der Waals surface area (Å²) in [4.78, 5) is 23.9. The van der Waals surface area contributed by atoms with Gasteiger partial charge in [-0.2, -0.15) is 4.31 Å². The number of carboxylic acids is 1. The van der Waals surface area contributed by atoms with Crippen LogP contribution in [0, 0.1) is 12.3 Å². The Kier molecular flexibility index (Phi) is 5.31. The van der Waals surface area contributed by atoms with E-state index < -0.39 is 27.3 Å². The SMILES string of the molecule is Cc1ccc(S(=O)(=O)N2CCCCC2C)cc1C(=O)NCC1(C(=O)O)CC1. The van der Waals surface area contributed by atoms with Crippen molar-refractivity contribution >= 4 is 21.9 Å². The van der Waals surface area contributed by atoms with Crippen LogP contribution in [0.1, 0.15) is 54.9 Å². The van der Waals surface area contributed by atoms with Gasteiger partial charge in [-0.3, -0.25) is 9.59 Å². The third kappa shape index (κ3) is 3.87. The molecule has 2 fully saturated rings. The van der Waals surface area contributed by atoms with Gasteiger partial charge in [-0.25, -0.2) is 8.42 Å². The molecule has 1 aromatic carbocycles. The second kappa shape index (κ2) is 7.24. The highest BCUT2D eigenvalue weighted by molar-refractivity contribution is 7.89. The molecule has 1 saturated carbocycles. The Hall–Kier alpha value is -1.93. The smallest absolute Gasteiger partial charge is 0.311 e. The van der Waals surface area contributed by atoms with E-state index in [1.54, 1.807) is 13.0 Å². The van der Waals surface area contributed by atoms with E-state index in [2.05, 4.69) is 5.32 Å². The summed E-state index contributed by atoms with van der Waals surface area (Å²) in [6, 6.07) is 4.50. The van der Waals surface area contributed by atoms with Crippen molar-refractivity contribution in [1.82, 2.24) is 9.62 Å². The Balaban J connectivity index is 1.81. The fourth-order valence-electron chi connectivity index (χ4n) is 3.53. The largest absolute Gasteiger partial charge is 0.481 e. The van der Waals surface area contributed by atoms with Crippen LogP contribution >= 0.6 is 0 Å². The molecule has 1 saturated heterocycles. The molecule has 2 N–H and O–H groups in total. The third-order valence-electron chi connectivity index (χ3n) is 5.70. The minimum atomic E-state index is -3.67. The van der Waals surface area contributed by atoms with Crippen molar-refractivity contribution in [2.45, 2.75) is 56.9 Å². The standard InChI is InChI=1S/C19H26N2O5S/c1-13-6-7-15(27(25,26)21-10-4-3-5-14(21)2)11-16(13)17(22)20-12-19(8-9-19)18(23)24/h6-7,11,14H,3-5,8-10,12H2,1-2H3,(H,20,22)(H,23,24). The van der Waals surface area contributed by atoms with Crippen LogP contribution in [-0.2, 0) is 14.8 Å². The maximum Gasteiger partial charge on any atom is 0.311 e. The summed E-state index contributed by atoms with van der Waals surface area (Å²) < 4.78 is 27.5. The van der Waals surface area contributed by atoms with Gasteiger partial charge >= 0.3 is 5.97 Å². The van der Waals surface area contributed by atoms with E-state index >= 15 is 0 Å². The van der Waals surface area contributed by atoms with Gasteiger partial charge in [-0.1, -0.05) is 12.5 Å². The summed E-state index contributed by atoms with van der Waals surface area (Å²) in [5.41, 5.74) is 0.0523. The van der Waals surface area contributed by atoms with Crippen LogP contribution in [0.5, 0.6) is 0 Å². The molecular weight excluding hydrogens is 368 g/mol. The summed E-state index contributed by atoms with van der Waals surface area (Å²) >= 11 is 0. The van der Waals surface area contributed by atoms with Crippen molar-refractivity contribution < 1.29 is 23.1 Å². The van der Waals surface area contributed by atoms with E-state index in [9.17, 15) is 23.1 Å². The van der Waals surface area contributed by atoms with Crippen LogP contribution in [0.15, 0.2) is 23.1 Å². The van der Waals surface area contributed by atoms with Gasteiger partial charge in [0.1, 0.15) is 0 Å². The lowest BCUT2D eigenvalue weighted by Gasteiger charge is -2.32. The predicted molar refractivity (Wildman–Crippen MR) is 100 cm³/mol. The van der Waals surface area contributed by atoms with Crippen LogP contribution in [0.3, 0.4) is 0 Å². The number of piperidine rings is 1. The number of carbonyl (C=O) groups is 2. The minimum absolute atomic E-state index is 0.0563. The first kappa shape index (κ1) is 19.8. The average Bonchev–Trinajstić information content (AvgIpc) is 3.41. The van der Waals surface area contributed by atoms with E-state index in [1.165, 1.54) is 16.4 Å². The predicted octanol–water partition coefficient (Wildman–Crippen LogP) is 2.15. The molecule has 3 rings (SSSR count). The molecule has 148 valence electrons. The number of nitrogens with zero attached hydrogens (tertiary/aromatic N) is 1. The zero-order valence-corrected chi connectivity index (χ0v) is 16.5. The summed E-state index contributed by atoms with van der Waals surface area (Å²) in [6.45, 7) is 4.18. The van der Waals surface area contributed by atoms with Crippen molar-refractivity contribution in [3.63, 3.8) is 0 Å². The van der Waals surface area contributed by atoms with Gasteiger partial charge in [0.05, 0.1) is 10.3 Å². The van der Waals surface area contributed by atoms with Gasteiger partial charge in [-0.05, 0) is 57.2 Å². The Labute approximate surface area is 159 Å². The molecule has 0 radical (unpaired) electrons. The zero-order chi connectivity index (χ0) is 19.8. The van der Waals surface area contributed by atoms with Gasteiger partial charge in [0.2, 0.25) is 10.0 Å². The highest BCUT2D eigenvalue weighted by Gasteiger charge is 2.50. The first-order valence-electron chi connectivity index (χ1n) is 9.31. The van der Waals surface area contributed by atoms with Crippen LogP contribution < -0.4 is 5.32 Å². The summed E-state index contributed by atoms with van der Waals surface area (Å²) in [6.07, 6.45) is 3.77. The van der Waals surface area contributed by atoms with E-state index in [0.29, 0.717) is 24.9 Å². The van der Waals surface area contributed by atoms with Crippen molar-refractivity contribution in [1.29, 1.82) is 0 Å². The number of sulfonamides is 1. The Morgan fingerprint density at radius 2 is 2.00 bits per heavy atom. The topological polar surface area (TPSA) is 104 Å². The molecule has 1 heterocycles. The summed E-state index contributed by atoms with van der Waals surface area (Å²) in [7, 11) is -3.67. The van der Waals surface area contributed by atoms with Crippen LogP contribution in [0.2, 0.25) is 0 Å². The van der Waals surface area contributed by atoms with Crippen molar-refractivity contribution in [3.05, 3.63) is 29.3 Å². The molecule has 8 heteroatoms. The molecule has 1 amide bonds. The number of carbonyl (C=O) groups excluding carboxylic acids is 1.